The fourth-order valence-electron chi connectivity index (χ4n) is 3.18. The number of ether oxygens (including phenoxy) is 1. The number of anilines is 1. The Labute approximate surface area is 136 Å². The van der Waals surface area contributed by atoms with Crippen LogP contribution in [0.2, 0.25) is 0 Å². The van der Waals surface area contributed by atoms with Crippen molar-refractivity contribution in [3.63, 3.8) is 0 Å². The number of benzene rings is 1. The van der Waals surface area contributed by atoms with Crippen LogP contribution in [0.15, 0.2) is 23.1 Å². The Kier molecular flexibility index (Phi) is 3.83. The molecule has 2 aromatic rings. The average Bonchev–Trinajstić information content (AvgIpc) is 2.85. The van der Waals surface area contributed by atoms with Gasteiger partial charge in [0, 0.05) is 6.54 Å². The van der Waals surface area contributed by atoms with Crippen LogP contribution in [-0.2, 0) is 16.4 Å². The summed E-state index contributed by atoms with van der Waals surface area (Å²) in [5.41, 5.74) is 2.78. The van der Waals surface area contributed by atoms with Crippen molar-refractivity contribution in [1.29, 1.82) is 0 Å². The van der Waals surface area contributed by atoms with Gasteiger partial charge in [-0.2, -0.15) is 5.10 Å². The minimum atomic E-state index is -3.65. The van der Waals surface area contributed by atoms with E-state index in [-0.39, 0.29) is 10.8 Å². The highest BCUT2D eigenvalue weighted by Crippen LogP contribution is 2.36. The smallest absolute Gasteiger partial charge is 0.268 e. The first kappa shape index (κ1) is 15.9. The Morgan fingerprint density at radius 3 is 2.70 bits per heavy atom. The Morgan fingerprint density at radius 1 is 1.35 bits per heavy atom. The molecule has 1 N–H and O–H groups in total. The first-order chi connectivity index (χ1) is 10.8. The molecular formula is C16H21N3O3S. The third-order valence-electron chi connectivity index (χ3n) is 4.21. The summed E-state index contributed by atoms with van der Waals surface area (Å²) in [7, 11) is -2.04. The van der Waals surface area contributed by atoms with Gasteiger partial charge >= 0.3 is 0 Å². The molecule has 0 saturated heterocycles. The lowest BCUT2D eigenvalue weighted by Gasteiger charge is -2.34. The van der Waals surface area contributed by atoms with Crippen LogP contribution in [0.3, 0.4) is 0 Å². The van der Waals surface area contributed by atoms with Crippen LogP contribution in [0.25, 0.3) is 0 Å². The maximum Gasteiger partial charge on any atom is 0.268 e. The molecule has 2 heterocycles. The van der Waals surface area contributed by atoms with E-state index in [1.54, 1.807) is 27.0 Å². The third-order valence-corrected chi connectivity index (χ3v) is 6.25. The zero-order valence-electron chi connectivity index (χ0n) is 13.8. The van der Waals surface area contributed by atoms with Crippen molar-refractivity contribution in [2.75, 3.05) is 18.0 Å². The molecule has 3 rings (SSSR count). The normalized spacial score (nSPS) is 17.9. The maximum absolute atomic E-state index is 13.2. The second-order valence-electron chi connectivity index (χ2n) is 6.10. The van der Waals surface area contributed by atoms with Gasteiger partial charge in [0.15, 0.2) is 0 Å². The predicted molar refractivity (Wildman–Crippen MR) is 88.5 cm³/mol. The largest absolute Gasteiger partial charge is 0.497 e. The monoisotopic (exact) mass is 335 g/mol. The van der Waals surface area contributed by atoms with Crippen LogP contribution >= 0.6 is 0 Å². The topological polar surface area (TPSA) is 75.3 Å². The van der Waals surface area contributed by atoms with Crippen molar-refractivity contribution in [2.45, 2.75) is 32.1 Å². The van der Waals surface area contributed by atoms with Gasteiger partial charge < -0.3 is 4.74 Å². The van der Waals surface area contributed by atoms with Crippen molar-refractivity contribution < 1.29 is 13.2 Å². The second-order valence-corrected chi connectivity index (χ2v) is 7.90. The van der Waals surface area contributed by atoms with E-state index in [1.165, 1.54) is 4.31 Å². The van der Waals surface area contributed by atoms with Crippen LogP contribution in [0.1, 0.15) is 23.9 Å². The number of aromatic nitrogens is 2. The van der Waals surface area contributed by atoms with Crippen LogP contribution in [-0.4, -0.2) is 32.3 Å². The number of methoxy groups -OCH3 is 1. The summed E-state index contributed by atoms with van der Waals surface area (Å²) in [6.07, 6.45) is 0.835. The minimum Gasteiger partial charge on any atom is -0.497 e. The van der Waals surface area contributed by atoms with Gasteiger partial charge in [0.05, 0.1) is 24.2 Å². The number of aryl methyl sites for hydroxylation is 2. The van der Waals surface area contributed by atoms with E-state index in [2.05, 4.69) is 17.1 Å². The fourth-order valence-corrected chi connectivity index (χ4v) is 5.14. The molecule has 1 aromatic heterocycles. The Morgan fingerprint density at radius 2 is 2.09 bits per heavy atom. The summed E-state index contributed by atoms with van der Waals surface area (Å²) in [6, 6.07) is 5.54. The van der Waals surface area contributed by atoms with Gasteiger partial charge in [0.25, 0.3) is 10.0 Å². The third kappa shape index (κ3) is 2.59. The van der Waals surface area contributed by atoms with Gasteiger partial charge in [-0.3, -0.25) is 9.40 Å². The van der Waals surface area contributed by atoms with E-state index in [0.29, 0.717) is 17.9 Å². The molecule has 0 radical (unpaired) electrons. The van der Waals surface area contributed by atoms with Crippen molar-refractivity contribution in [2.24, 2.45) is 5.92 Å². The molecule has 7 heteroatoms. The summed E-state index contributed by atoms with van der Waals surface area (Å²) in [5, 5.41) is 6.79. The quantitative estimate of drug-likeness (QED) is 0.935. The molecule has 1 aromatic carbocycles. The summed E-state index contributed by atoms with van der Waals surface area (Å²) < 4.78 is 33.1. The number of sulfonamides is 1. The van der Waals surface area contributed by atoms with E-state index in [9.17, 15) is 8.42 Å². The first-order valence-electron chi connectivity index (χ1n) is 7.55. The molecule has 1 aliphatic heterocycles. The summed E-state index contributed by atoms with van der Waals surface area (Å²) >= 11 is 0. The molecule has 1 aliphatic rings. The summed E-state index contributed by atoms with van der Waals surface area (Å²) in [4.78, 5) is 0.272. The number of H-pyrrole nitrogens is 1. The number of hydrogen-bond donors (Lipinski definition) is 1. The lowest BCUT2D eigenvalue weighted by molar-refractivity contribution is 0.413. The number of nitrogens with zero attached hydrogens (tertiary/aromatic N) is 2. The predicted octanol–water partition coefficient (Wildman–Crippen LogP) is 2.42. The molecule has 0 amide bonds. The van der Waals surface area contributed by atoms with Crippen LogP contribution < -0.4 is 9.04 Å². The van der Waals surface area contributed by atoms with E-state index in [1.807, 2.05) is 12.1 Å². The van der Waals surface area contributed by atoms with Gasteiger partial charge in [-0.1, -0.05) is 6.92 Å². The summed E-state index contributed by atoms with van der Waals surface area (Å²) in [6.45, 7) is 5.96. The molecule has 1 atom stereocenters. The molecule has 0 saturated carbocycles. The van der Waals surface area contributed by atoms with Gasteiger partial charge in [0.2, 0.25) is 0 Å². The maximum atomic E-state index is 13.2. The van der Waals surface area contributed by atoms with Gasteiger partial charge in [-0.15, -0.1) is 0 Å². The number of fused-ring (bicyclic) bond motifs is 1. The van der Waals surface area contributed by atoms with Crippen molar-refractivity contribution in [3.05, 3.63) is 35.2 Å². The Balaban J connectivity index is 2.14. The van der Waals surface area contributed by atoms with E-state index in [4.69, 9.17) is 4.74 Å². The van der Waals surface area contributed by atoms with Gasteiger partial charge in [-0.05, 0) is 49.9 Å². The van der Waals surface area contributed by atoms with Gasteiger partial charge in [-0.25, -0.2) is 8.42 Å². The lowest BCUT2D eigenvalue weighted by Crippen LogP contribution is -2.39. The number of nitrogens with one attached hydrogen (secondary N) is 1. The number of aromatic amines is 1. The lowest BCUT2D eigenvalue weighted by atomic mass is 9.95. The molecule has 0 aliphatic carbocycles. The molecule has 1 unspecified atom stereocenters. The zero-order valence-corrected chi connectivity index (χ0v) is 14.6. The van der Waals surface area contributed by atoms with E-state index < -0.39 is 10.0 Å². The summed E-state index contributed by atoms with van der Waals surface area (Å²) in [5.74, 6) is 0.975. The molecule has 124 valence electrons. The average molecular weight is 335 g/mol. The van der Waals surface area contributed by atoms with Crippen LogP contribution in [0.5, 0.6) is 5.75 Å². The molecular weight excluding hydrogens is 314 g/mol. The van der Waals surface area contributed by atoms with Crippen molar-refractivity contribution in [1.82, 2.24) is 10.2 Å². The standard InChI is InChI=1S/C16H21N3O3S/c1-10-7-13-8-14(22-4)5-6-15(13)19(9-10)23(20,21)16-11(2)17-18-12(16)3/h5-6,8,10H,7,9H2,1-4H3,(H,17,18). The Bertz CT molecular complexity index is 823. The SMILES string of the molecule is COc1ccc2c(c1)CC(C)CN2S(=O)(=O)c1c(C)n[nH]c1C. The van der Waals surface area contributed by atoms with E-state index in [0.717, 1.165) is 23.4 Å². The van der Waals surface area contributed by atoms with E-state index >= 15 is 0 Å². The Hall–Kier alpha value is -2.02. The highest BCUT2D eigenvalue weighted by molar-refractivity contribution is 7.93. The number of rotatable bonds is 3. The van der Waals surface area contributed by atoms with Crippen LogP contribution in [0.4, 0.5) is 5.69 Å². The minimum absolute atomic E-state index is 0.233. The molecule has 23 heavy (non-hydrogen) atoms. The zero-order chi connectivity index (χ0) is 16.8. The second kappa shape index (κ2) is 5.56. The van der Waals surface area contributed by atoms with Crippen molar-refractivity contribution in [3.8, 4) is 5.75 Å². The molecule has 6 nitrogen and oxygen atoms in total. The number of hydrogen-bond acceptors (Lipinski definition) is 4. The highest BCUT2D eigenvalue weighted by atomic mass is 32.2. The van der Waals surface area contributed by atoms with Gasteiger partial charge in [0.1, 0.15) is 10.6 Å². The highest BCUT2D eigenvalue weighted by Gasteiger charge is 2.34. The molecule has 0 fully saturated rings. The first-order valence-corrected chi connectivity index (χ1v) is 8.99. The molecule has 0 spiro atoms. The fraction of sp³-hybridized carbons (Fsp3) is 0.438. The molecule has 0 bridgehead atoms. The van der Waals surface area contributed by atoms with Crippen molar-refractivity contribution >= 4 is 15.7 Å². The van der Waals surface area contributed by atoms with Crippen LogP contribution in [0, 0.1) is 19.8 Å².